The molecule has 1 aliphatic heterocycles. The van der Waals surface area contributed by atoms with E-state index >= 15 is 0 Å². The van der Waals surface area contributed by atoms with E-state index in [1.165, 1.54) is 42.9 Å². The zero-order valence-corrected chi connectivity index (χ0v) is 18.1. The van der Waals surface area contributed by atoms with Gasteiger partial charge < -0.3 is 4.90 Å². The first-order valence-corrected chi connectivity index (χ1v) is 11.0. The molecular formula is C21H22FN5O3S. The van der Waals surface area contributed by atoms with Crippen LogP contribution in [0.15, 0.2) is 38.9 Å². The molecule has 31 heavy (non-hydrogen) atoms. The Bertz CT molecular complexity index is 1260. The molecule has 0 spiro atoms. The van der Waals surface area contributed by atoms with E-state index in [-0.39, 0.29) is 28.5 Å². The fourth-order valence-corrected chi connectivity index (χ4v) is 4.54. The lowest BCUT2D eigenvalue weighted by Gasteiger charge is -2.26. The van der Waals surface area contributed by atoms with Crippen molar-refractivity contribution in [2.45, 2.75) is 24.3 Å². The topological polar surface area (TPSA) is 90.1 Å². The second-order valence-corrected chi connectivity index (χ2v) is 8.46. The number of fused-ring (bicyclic) bond motifs is 1. The molecule has 2 aromatic heterocycles. The molecule has 4 rings (SSSR count). The summed E-state index contributed by atoms with van der Waals surface area (Å²) in [5.41, 5.74) is -0.311. The number of aromatic nitrogens is 4. The van der Waals surface area contributed by atoms with Gasteiger partial charge in [-0.3, -0.25) is 18.7 Å². The summed E-state index contributed by atoms with van der Waals surface area (Å²) in [5, 5.41) is 0.512. The van der Waals surface area contributed by atoms with Gasteiger partial charge in [0, 0.05) is 32.7 Å². The largest absolute Gasteiger partial charge is 0.342 e. The molecule has 0 radical (unpaired) electrons. The van der Waals surface area contributed by atoms with Crippen LogP contribution in [0.1, 0.15) is 19.3 Å². The molecule has 1 fully saturated rings. The predicted molar refractivity (Wildman–Crippen MR) is 117 cm³/mol. The summed E-state index contributed by atoms with van der Waals surface area (Å²) in [4.78, 5) is 48.7. The Morgan fingerprint density at radius 3 is 2.39 bits per heavy atom. The normalized spacial score (nSPS) is 14.2. The van der Waals surface area contributed by atoms with Gasteiger partial charge in [0.1, 0.15) is 16.2 Å². The second-order valence-electron chi connectivity index (χ2n) is 7.49. The van der Waals surface area contributed by atoms with Crippen molar-refractivity contribution in [2.24, 2.45) is 14.1 Å². The monoisotopic (exact) mass is 443 g/mol. The van der Waals surface area contributed by atoms with Gasteiger partial charge in [-0.25, -0.2) is 19.2 Å². The van der Waals surface area contributed by atoms with E-state index in [0.29, 0.717) is 10.6 Å². The number of halogens is 1. The molecule has 8 nitrogen and oxygen atoms in total. The van der Waals surface area contributed by atoms with Crippen LogP contribution in [-0.4, -0.2) is 48.8 Å². The number of benzene rings is 1. The van der Waals surface area contributed by atoms with Gasteiger partial charge in [0.2, 0.25) is 5.91 Å². The van der Waals surface area contributed by atoms with Gasteiger partial charge in [-0.2, -0.15) is 0 Å². The van der Waals surface area contributed by atoms with Gasteiger partial charge in [-0.1, -0.05) is 11.8 Å². The van der Waals surface area contributed by atoms with Crippen molar-refractivity contribution >= 4 is 28.7 Å². The third-order valence-corrected chi connectivity index (χ3v) is 6.37. The lowest BCUT2D eigenvalue weighted by atomic mass is 10.1. The van der Waals surface area contributed by atoms with Crippen LogP contribution >= 0.6 is 11.8 Å². The summed E-state index contributed by atoms with van der Waals surface area (Å²) in [6.07, 6.45) is 3.10. The van der Waals surface area contributed by atoms with Crippen LogP contribution in [-0.2, 0) is 18.9 Å². The quantitative estimate of drug-likeness (QED) is 0.452. The Labute approximate surface area is 181 Å². The maximum atomic E-state index is 13.4. The van der Waals surface area contributed by atoms with Crippen molar-refractivity contribution in [1.29, 1.82) is 0 Å². The van der Waals surface area contributed by atoms with Crippen molar-refractivity contribution in [2.75, 3.05) is 18.8 Å². The Hall–Kier alpha value is -3.01. The maximum Gasteiger partial charge on any atom is 0.332 e. The molecule has 1 saturated heterocycles. The summed E-state index contributed by atoms with van der Waals surface area (Å²) < 4.78 is 15.6. The van der Waals surface area contributed by atoms with Gasteiger partial charge in [-0.05, 0) is 43.5 Å². The average molecular weight is 444 g/mol. The minimum absolute atomic E-state index is 0.0126. The van der Waals surface area contributed by atoms with Crippen LogP contribution in [0.25, 0.3) is 22.4 Å². The summed E-state index contributed by atoms with van der Waals surface area (Å²) in [7, 11) is 2.92. The minimum atomic E-state index is -0.517. The predicted octanol–water partition coefficient (Wildman–Crippen LogP) is 1.94. The van der Waals surface area contributed by atoms with Crippen LogP contribution in [0, 0.1) is 5.82 Å². The molecule has 10 heteroatoms. The van der Waals surface area contributed by atoms with Gasteiger partial charge in [0.15, 0.2) is 11.5 Å². The highest BCUT2D eigenvalue weighted by Crippen LogP contribution is 2.26. The van der Waals surface area contributed by atoms with Gasteiger partial charge in [0.25, 0.3) is 5.56 Å². The third-order valence-electron chi connectivity index (χ3n) is 5.41. The summed E-state index contributed by atoms with van der Waals surface area (Å²) in [6.45, 7) is 1.47. The zero-order chi connectivity index (χ0) is 22.1. The fraction of sp³-hybridized carbons (Fsp3) is 0.381. The zero-order valence-electron chi connectivity index (χ0n) is 17.3. The molecule has 0 N–H and O–H groups in total. The molecule has 0 bridgehead atoms. The van der Waals surface area contributed by atoms with E-state index in [2.05, 4.69) is 9.97 Å². The van der Waals surface area contributed by atoms with Crippen molar-refractivity contribution in [3.8, 4) is 11.4 Å². The number of hydrogen-bond acceptors (Lipinski definition) is 6. The third kappa shape index (κ3) is 4.12. The van der Waals surface area contributed by atoms with E-state index in [4.69, 9.17) is 0 Å². The van der Waals surface area contributed by atoms with Crippen molar-refractivity contribution in [1.82, 2.24) is 24.0 Å². The van der Waals surface area contributed by atoms with Crippen molar-refractivity contribution in [3.05, 3.63) is 50.9 Å². The molecule has 1 amide bonds. The first-order valence-electron chi connectivity index (χ1n) is 10.0. The molecule has 1 aliphatic rings. The SMILES string of the molecule is Cn1c(=O)c2c(SCC(=O)N3CCCCC3)nc(-c3ccc(F)cc3)nc2n(C)c1=O. The minimum Gasteiger partial charge on any atom is -0.342 e. The fourth-order valence-electron chi connectivity index (χ4n) is 3.63. The first-order chi connectivity index (χ1) is 14.9. The smallest absolute Gasteiger partial charge is 0.332 e. The molecule has 0 unspecified atom stereocenters. The number of thioether (sulfide) groups is 1. The van der Waals surface area contributed by atoms with Crippen LogP contribution in [0.4, 0.5) is 4.39 Å². The summed E-state index contributed by atoms with van der Waals surface area (Å²) >= 11 is 1.16. The number of likely N-dealkylation sites (tertiary alicyclic amines) is 1. The lowest BCUT2D eigenvalue weighted by Crippen LogP contribution is -2.38. The molecule has 3 heterocycles. The number of nitrogens with zero attached hydrogens (tertiary/aromatic N) is 5. The highest BCUT2D eigenvalue weighted by atomic mass is 32.2. The first kappa shape index (κ1) is 21.2. The van der Waals surface area contributed by atoms with Crippen molar-refractivity contribution < 1.29 is 9.18 Å². The highest BCUT2D eigenvalue weighted by Gasteiger charge is 2.21. The van der Waals surface area contributed by atoms with E-state index in [1.54, 1.807) is 0 Å². The number of aryl methyl sites for hydroxylation is 1. The van der Waals surface area contributed by atoms with E-state index < -0.39 is 17.1 Å². The molecule has 0 aliphatic carbocycles. The van der Waals surface area contributed by atoms with Gasteiger partial charge >= 0.3 is 5.69 Å². The molecule has 0 atom stereocenters. The Balaban J connectivity index is 1.81. The number of carbonyl (C=O) groups is 1. The Morgan fingerprint density at radius 1 is 1.03 bits per heavy atom. The number of carbonyl (C=O) groups excluding carboxylic acids is 1. The summed E-state index contributed by atoms with van der Waals surface area (Å²) in [5.74, 6) is -0.0290. The van der Waals surface area contributed by atoms with Crippen LogP contribution < -0.4 is 11.2 Å². The van der Waals surface area contributed by atoms with Gasteiger partial charge in [0.05, 0.1) is 5.75 Å². The number of piperidine rings is 1. The Kier molecular flexibility index (Phi) is 5.90. The lowest BCUT2D eigenvalue weighted by molar-refractivity contribution is -0.129. The molecule has 1 aromatic carbocycles. The number of amides is 1. The second kappa shape index (κ2) is 8.62. The number of rotatable bonds is 4. The van der Waals surface area contributed by atoms with E-state index in [9.17, 15) is 18.8 Å². The Morgan fingerprint density at radius 2 is 1.71 bits per heavy atom. The maximum absolute atomic E-state index is 13.4. The molecule has 0 saturated carbocycles. The molecular weight excluding hydrogens is 421 g/mol. The van der Waals surface area contributed by atoms with Crippen LogP contribution in [0.3, 0.4) is 0 Å². The van der Waals surface area contributed by atoms with Crippen molar-refractivity contribution in [3.63, 3.8) is 0 Å². The highest BCUT2D eigenvalue weighted by molar-refractivity contribution is 8.00. The van der Waals surface area contributed by atoms with E-state index in [0.717, 1.165) is 48.7 Å². The van der Waals surface area contributed by atoms with Crippen LogP contribution in [0.5, 0.6) is 0 Å². The standard InChI is InChI=1S/C21H22FN5O3S/c1-25-18-16(20(29)26(2)21(25)30)19(31-12-15(28)27-10-4-3-5-11-27)24-17(23-18)13-6-8-14(22)9-7-13/h6-9H,3-5,10-12H2,1-2H3. The average Bonchev–Trinajstić information content (AvgIpc) is 2.80. The summed E-state index contributed by atoms with van der Waals surface area (Å²) in [6, 6.07) is 5.64. The number of hydrogen-bond donors (Lipinski definition) is 0. The molecule has 3 aromatic rings. The van der Waals surface area contributed by atoms with Crippen LogP contribution in [0.2, 0.25) is 0 Å². The van der Waals surface area contributed by atoms with Gasteiger partial charge in [-0.15, -0.1) is 0 Å². The molecule has 162 valence electrons. The van der Waals surface area contributed by atoms with E-state index in [1.807, 2.05) is 4.90 Å².